The molecule has 186 valence electrons. The van der Waals surface area contributed by atoms with E-state index >= 15 is 0 Å². The van der Waals surface area contributed by atoms with Crippen LogP contribution in [0.4, 0.5) is 18.3 Å². The van der Waals surface area contributed by atoms with Gasteiger partial charge in [0.15, 0.2) is 11.2 Å². The van der Waals surface area contributed by atoms with Crippen molar-refractivity contribution in [3.05, 3.63) is 46.6 Å². The van der Waals surface area contributed by atoms with Gasteiger partial charge in [0.25, 0.3) is 5.91 Å². The van der Waals surface area contributed by atoms with E-state index in [1.54, 1.807) is 5.38 Å². The van der Waals surface area contributed by atoms with E-state index in [1.165, 1.54) is 26.1 Å². The van der Waals surface area contributed by atoms with Gasteiger partial charge >= 0.3 is 18.1 Å². The molecule has 0 aliphatic carbocycles. The number of carbonyl (C=O) groups excluding carboxylic acids is 3. The highest BCUT2D eigenvalue weighted by atomic mass is 32.1. The highest BCUT2D eigenvalue weighted by molar-refractivity contribution is 7.13. The summed E-state index contributed by atoms with van der Waals surface area (Å²) in [5.74, 6) is -3.25. The van der Waals surface area contributed by atoms with Crippen molar-refractivity contribution in [2.24, 2.45) is 0 Å². The predicted molar refractivity (Wildman–Crippen MR) is 119 cm³/mol. The molecule has 2 heterocycles. The number of nitrogens with one attached hydrogen (secondary N) is 1. The van der Waals surface area contributed by atoms with Gasteiger partial charge in [0.05, 0.1) is 11.1 Å². The molecule has 0 saturated heterocycles. The van der Waals surface area contributed by atoms with Crippen molar-refractivity contribution < 1.29 is 42.1 Å². The lowest BCUT2D eigenvalue weighted by atomic mass is 10.0. The fourth-order valence-corrected chi connectivity index (χ4v) is 3.62. The summed E-state index contributed by atoms with van der Waals surface area (Å²) in [6, 6.07) is 2.99. The van der Waals surface area contributed by atoms with Crippen LogP contribution >= 0.6 is 11.3 Å². The van der Waals surface area contributed by atoms with Crippen LogP contribution in [0.25, 0.3) is 10.9 Å². The minimum atomic E-state index is -4.84. The number of amides is 1. The van der Waals surface area contributed by atoms with Crippen molar-refractivity contribution in [1.82, 2.24) is 9.97 Å². The molecule has 0 saturated carbocycles. The first-order valence-corrected chi connectivity index (χ1v) is 11.2. The second-order valence-electron chi connectivity index (χ2n) is 7.08. The third-order valence-electron chi connectivity index (χ3n) is 4.75. The highest BCUT2D eigenvalue weighted by Gasteiger charge is 2.36. The number of anilines is 1. The smallest absolute Gasteiger partial charge is 0.418 e. The molecule has 0 bridgehead atoms. The van der Waals surface area contributed by atoms with Crippen molar-refractivity contribution >= 4 is 45.2 Å². The molecule has 2 N–H and O–H groups in total. The first kappa shape index (κ1) is 25.9. The lowest BCUT2D eigenvalue weighted by Gasteiger charge is -2.22. The number of hydrogen-bond acceptors (Lipinski definition) is 9. The number of hydrogen-bond donors (Lipinski definition) is 2. The number of thiazole rings is 1. The van der Waals surface area contributed by atoms with Crippen LogP contribution in [0, 0.1) is 0 Å². The van der Waals surface area contributed by atoms with E-state index in [2.05, 4.69) is 15.3 Å². The summed E-state index contributed by atoms with van der Waals surface area (Å²) in [7, 11) is 0. The molecule has 13 heteroatoms. The Morgan fingerprint density at radius 2 is 1.89 bits per heavy atom. The van der Waals surface area contributed by atoms with E-state index in [1.807, 2.05) is 0 Å². The van der Waals surface area contributed by atoms with E-state index < -0.39 is 64.8 Å². The number of rotatable bonds is 8. The third kappa shape index (κ3) is 5.85. The van der Waals surface area contributed by atoms with E-state index in [-0.39, 0.29) is 23.4 Å². The SMILES string of the molecule is CCC(=O)OCC(OC(=O)CC)c1nc2c(C(F)(F)F)cccc2c(O)c1C(=O)Nc1nccs1. The minimum absolute atomic E-state index is 0.0273. The molecule has 0 aliphatic heterocycles. The molecule has 1 atom stereocenters. The van der Waals surface area contributed by atoms with Gasteiger partial charge in [0.2, 0.25) is 0 Å². The number of aromatic hydroxyl groups is 1. The summed E-state index contributed by atoms with van der Waals surface area (Å²) >= 11 is 1.06. The number of alkyl halides is 3. The number of nitrogens with zero attached hydrogens (tertiary/aromatic N) is 2. The summed E-state index contributed by atoms with van der Waals surface area (Å²) in [5.41, 5.74) is -2.90. The zero-order valence-electron chi connectivity index (χ0n) is 18.5. The number of aromatic nitrogens is 2. The van der Waals surface area contributed by atoms with Gasteiger partial charge < -0.3 is 14.6 Å². The van der Waals surface area contributed by atoms with Gasteiger partial charge in [-0.15, -0.1) is 11.3 Å². The summed E-state index contributed by atoms with van der Waals surface area (Å²) < 4.78 is 51.4. The Balaban J connectivity index is 2.26. The monoisotopic (exact) mass is 511 g/mol. The molecular weight excluding hydrogens is 491 g/mol. The Bertz CT molecular complexity index is 1250. The second kappa shape index (κ2) is 10.7. The van der Waals surface area contributed by atoms with E-state index in [9.17, 15) is 32.7 Å². The summed E-state index contributed by atoms with van der Waals surface area (Å²) in [6.45, 7) is 2.35. The van der Waals surface area contributed by atoms with Gasteiger partial charge in [0, 0.05) is 29.8 Å². The molecule has 0 fully saturated rings. The first-order chi connectivity index (χ1) is 16.6. The number of fused-ring (bicyclic) bond motifs is 1. The Morgan fingerprint density at radius 1 is 1.17 bits per heavy atom. The van der Waals surface area contributed by atoms with Crippen molar-refractivity contribution in [1.29, 1.82) is 0 Å². The highest BCUT2D eigenvalue weighted by Crippen LogP contribution is 2.40. The van der Waals surface area contributed by atoms with Gasteiger partial charge in [-0.05, 0) is 12.1 Å². The molecule has 0 radical (unpaired) electrons. The minimum Gasteiger partial charge on any atom is -0.506 e. The lowest BCUT2D eigenvalue weighted by molar-refractivity contribution is -0.159. The van der Waals surface area contributed by atoms with Crippen molar-refractivity contribution in [2.75, 3.05) is 11.9 Å². The maximum atomic E-state index is 13.7. The maximum absolute atomic E-state index is 13.7. The summed E-state index contributed by atoms with van der Waals surface area (Å²) in [6.07, 6.45) is -5.16. The molecule has 3 rings (SSSR count). The Morgan fingerprint density at radius 3 is 2.49 bits per heavy atom. The molecule has 2 aromatic heterocycles. The van der Waals surface area contributed by atoms with Crippen LogP contribution in [-0.2, 0) is 25.2 Å². The van der Waals surface area contributed by atoms with Crippen LogP contribution < -0.4 is 5.32 Å². The number of carbonyl (C=O) groups is 3. The van der Waals surface area contributed by atoms with Crippen LogP contribution in [0.1, 0.15) is 54.4 Å². The number of para-hydroxylation sites is 1. The number of ether oxygens (including phenoxy) is 2. The maximum Gasteiger partial charge on any atom is 0.418 e. The second-order valence-corrected chi connectivity index (χ2v) is 7.97. The number of benzene rings is 1. The topological polar surface area (TPSA) is 128 Å². The predicted octanol–water partition coefficient (Wildman–Crippen LogP) is 4.62. The molecule has 35 heavy (non-hydrogen) atoms. The van der Waals surface area contributed by atoms with Crippen molar-refractivity contribution in [3.63, 3.8) is 0 Å². The Labute approximate surface area is 200 Å². The molecular formula is C22H20F3N3O6S. The molecule has 0 aliphatic rings. The summed E-state index contributed by atoms with van der Waals surface area (Å²) in [5, 5.41) is 14.7. The number of halogens is 3. The van der Waals surface area contributed by atoms with Crippen LogP contribution in [-0.4, -0.2) is 39.5 Å². The third-order valence-corrected chi connectivity index (χ3v) is 5.44. The first-order valence-electron chi connectivity index (χ1n) is 10.3. The molecule has 1 aromatic carbocycles. The molecule has 1 amide bonds. The average Bonchev–Trinajstić information content (AvgIpc) is 3.33. The standard InChI is InChI=1S/C22H20F3N3O6S/c1-3-14(29)33-10-13(34-15(30)4-2)18-16(20(32)28-21-26-8-9-35-21)19(31)11-6-5-7-12(17(11)27-18)22(23,24)25/h5-9,13H,3-4,10H2,1-2H3,(H,27,31)(H,26,28,32). The Kier molecular flexibility index (Phi) is 7.89. The quantitative estimate of drug-likeness (QED) is 0.420. The van der Waals surface area contributed by atoms with Gasteiger partial charge in [-0.3, -0.25) is 19.7 Å². The fourth-order valence-electron chi connectivity index (χ4n) is 3.10. The number of pyridine rings is 1. The van der Waals surface area contributed by atoms with Gasteiger partial charge in [-0.25, -0.2) is 9.97 Å². The number of esters is 2. The van der Waals surface area contributed by atoms with Gasteiger partial charge in [-0.2, -0.15) is 13.2 Å². The summed E-state index contributed by atoms with van der Waals surface area (Å²) in [4.78, 5) is 44.9. The van der Waals surface area contributed by atoms with Crippen molar-refractivity contribution in [2.45, 2.75) is 39.0 Å². The van der Waals surface area contributed by atoms with Crippen LogP contribution in [0.3, 0.4) is 0 Å². The Hall–Kier alpha value is -3.74. The zero-order valence-corrected chi connectivity index (χ0v) is 19.3. The molecule has 0 spiro atoms. The van der Waals surface area contributed by atoms with Gasteiger partial charge in [0.1, 0.15) is 23.6 Å². The molecule has 9 nitrogen and oxygen atoms in total. The zero-order chi connectivity index (χ0) is 25.8. The lowest BCUT2D eigenvalue weighted by Crippen LogP contribution is -2.24. The van der Waals surface area contributed by atoms with E-state index in [4.69, 9.17) is 9.47 Å². The van der Waals surface area contributed by atoms with E-state index in [0.717, 1.165) is 23.5 Å². The van der Waals surface area contributed by atoms with Crippen molar-refractivity contribution in [3.8, 4) is 5.75 Å². The average molecular weight is 511 g/mol. The molecule has 1 unspecified atom stereocenters. The fraction of sp³-hybridized carbons (Fsp3) is 0.318. The molecule has 3 aromatic rings. The van der Waals surface area contributed by atoms with Crippen LogP contribution in [0.2, 0.25) is 0 Å². The largest absolute Gasteiger partial charge is 0.506 e. The normalized spacial score (nSPS) is 12.3. The van der Waals surface area contributed by atoms with Gasteiger partial charge in [-0.1, -0.05) is 19.9 Å². The van der Waals surface area contributed by atoms with E-state index in [0.29, 0.717) is 0 Å². The van der Waals surface area contributed by atoms with Crippen LogP contribution in [0.15, 0.2) is 29.8 Å². The van der Waals surface area contributed by atoms with Crippen LogP contribution in [0.5, 0.6) is 5.75 Å².